The Morgan fingerprint density at radius 1 is 1.44 bits per heavy atom. The highest BCUT2D eigenvalue weighted by molar-refractivity contribution is 7.80. The first kappa shape index (κ1) is 12.9. The fourth-order valence-electron chi connectivity index (χ4n) is 1.76. The van der Waals surface area contributed by atoms with E-state index in [1.165, 1.54) is 0 Å². The highest BCUT2D eigenvalue weighted by atomic mass is 32.1. The molecule has 0 aliphatic heterocycles. The number of rotatable bonds is 5. The molecule has 4 heteroatoms. The smallest absolute Gasteiger partial charge is 0.128 e. The maximum absolute atomic E-state index is 5.53. The second-order valence-electron chi connectivity index (χ2n) is 3.85. The van der Waals surface area contributed by atoms with Crippen LogP contribution in [-0.2, 0) is 0 Å². The van der Waals surface area contributed by atoms with Crippen LogP contribution in [0.15, 0.2) is 18.3 Å². The molecule has 1 heterocycles. The molecule has 0 fully saturated rings. The second-order valence-corrected chi connectivity index (χ2v) is 4.29. The minimum atomic E-state index is 0.393. The van der Waals surface area contributed by atoms with Crippen molar-refractivity contribution >= 4 is 23.0 Å². The van der Waals surface area contributed by atoms with Crippen molar-refractivity contribution in [1.82, 2.24) is 4.98 Å². The summed E-state index contributed by atoms with van der Waals surface area (Å²) < 4.78 is 0. The SMILES string of the molecule is CCC(CC)N(C)c1ccc(C(N)=S)cn1. The van der Waals surface area contributed by atoms with Crippen molar-refractivity contribution in [3.63, 3.8) is 0 Å². The molecule has 1 aromatic heterocycles. The zero-order valence-electron chi connectivity index (χ0n) is 10.1. The van der Waals surface area contributed by atoms with E-state index >= 15 is 0 Å². The van der Waals surface area contributed by atoms with Crippen LogP contribution in [0.25, 0.3) is 0 Å². The topological polar surface area (TPSA) is 42.1 Å². The van der Waals surface area contributed by atoms with E-state index in [1.54, 1.807) is 6.20 Å². The van der Waals surface area contributed by atoms with Crippen LogP contribution in [0.4, 0.5) is 5.82 Å². The monoisotopic (exact) mass is 237 g/mol. The Hall–Kier alpha value is -1.16. The fraction of sp³-hybridized carbons (Fsp3) is 0.500. The van der Waals surface area contributed by atoms with E-state index in [9.17, 15) is 0 Å². The molecule has 0 bridgehead atoms. The van der Waals surface area contributed by atoms with Crippen LogP contribution in [0.2, 0.25) is 0 Å². The van der Waals surface area contributed by atoms with Crippen LogP contribution in [0.1, 0.15) is 32.3 Å². The Balaban J connectivity index is 2.84. The molecule has 0 spiro atoms. The first-order valence-corrected chi connectivity index (χ1v) is 5.99. The second kappa shape index (κ2) is 5.80. The lowest BCUT2D eigenvalue weighted by atomic mass is 10.1. The van der Waals surface area contributed by atoms with E-state index in [0.29, 0.717) is 11.0 Å². The van der Waals surface area contributed by atoms with Crippen LogP contribution >= 0.6 is 12.2 Å². The normalized spacial score (nSPS) is 10.5. The average molecular weight is 237 g/mol. The minimum Gasteiger partial charge on any atom is -0.389 e. The summed E-state index contributed by atoms with van der Waals surface area (Å²) in [6.45, 7) is 4.38. The van der Waals surface area contributed by atoms with Crippen molar-refractivity contribution in [3.8, 4) is 0 Å². The predicted molar refractivity (Wildman–Crippen MR) is 72.9 cm³/mol. The zero-order valence-corrected chi connectivity index (χ0v) is 10.9. The molecular weight excluding hydrogens is 218 g/mol. The van der Waals surface area contributed by atoms with Gasteiger partial charge in [-0.1, -0.05) is 26.1 Å². The third-order valence-electron chi connectivity index (χ3n) is 2.88. The lowest BCUT2D eigenvalue weighted by Gasteiger charge is -2.27. The van der Waals surface area contributed by atoms with Gasteiger partial charge in [-0.05, 0) is 25.0 Å². The highest BCUT2D eigenvalue weighted by Crippen LogP contribution is 2.16. The van der Waals surface area contributed by atoms with Crippen LogP contribution < -0.4 is 10.6 Å². The van der Waals surface area contributed by atoms with Gasteiger partial charge in [-0.3, -0.25) is 0 Å². The van der Waals surface area contributed by atoms with Gasteiger partial charge in [0.05, 0.1) is 0 Å². The molecular formula is C12H19N3S. The summed E-state index contributed by atoms with van der Waals surface area (Å²) in [6, 6.07) is 4.42. The molecule has 0 atom stereocenters. The molecule has 1 rings (SSSR count). The van der Waals surface area contributed by atoms with Gasteiger partial charge in [-0.25, -0.2) is 4.98 Å². The molecule has 2 N–H and O–H groups in total. The van der Waals surface area contributed by atoms with E-state index in [1.807, 2.05) is 12.1 Å². The molecule has 0 unspecified atom stereocenters. The van der Waals surface area contributed by atoms with E-state index in [0.717, 1.165) is 24.2 Å². The number of pyridine rings is 1. The number of nitrogens with two attached hydrogens (primary N) is 1. The molecule has 0 aliphatic rings. The number of aromatic nitrogens is 1. The standard InChI is InChI=1S/C12H19N3S/c1-4-10(5-2)15(3)11-7-6-9(8-14-11)12(13)16/h6-8,10H,4-5H2,1-3H3,(H2,13,16). The van der Waals surface area contributed by atoms with Gasteiger partial charge in [0.25, 0.3) is 0 Å². The number of anilines is 1. The molecule has 0 aliphatic carbocycles. The van der Waals surface area contributed by atoms with Gasteiger partial charge >= 0.3 is 0 Å². The lowest BCUT2D eigenvalue weighted by molar-refractivity contribution is 0.587. The zero-order chi connectivity index (χ0) is 12.1. The summed E-state index contributed by atoms with van der Waals surface area (Å²) in [5.41, 5.74) is 6.35. The van der Waals surface area contributed by atoms with Crippen molar-refractivity contribution in [2.45, 2.75) is 32.7 Å². The molecule has 16 heavy (non-hydrogen) atoms. The van der Waals surface area contributed by atoms with Crippen molar-refractivity contribution in [2.75, 3.05) is 11.9 Å². The molecule has 3 nitrogen and oxygen atoms in total. The average Bonchev–Trinajstić information content (AvgIpc) is 2.30. The van der Waals surface area contributed by atoms with E-state index < -0.39 is 0 Å². The Labute approximate surface area is 103 Å². The van der Waals surface area contributed by atoms with Gasteiger partial charge in [-0.15, -0.1) is 0 Å². The van der Waals surface area contributed by atoms with Crippen molar-refractivity contribution < 1.29 is 0 Å². The summed E-state index contributed by atoms with van der Waals surface area (Å²) >= 11 is 4.89. The maximum Gasteiger partial charge on any atom is 0.128 e. The van der Waals surface area contributed by atoms with Gasteiger partial charge in [0, 0.05) is 24.8 Å². The van der Waals surface area contributed by atoms with E-state index in [-0.39, 0.29) is 0 Å². The van der Waals surface area contributed by atoms with Crippen molar-refractivity contribution in [2.24, 2.45) is 5.73 Å². The summed E-state index contributed by atoms with van der Waals surface area (Å²) in [7, 11) is 2.07. The van der Waals surface area contributed by atoms with Crippen LogP contribution in [-0.4, -0.2) is 23.1 Å². The van der Waals surface area contributed by atoms with Gasteiger partial charge < -0.3 is 10.6 Å². The molecule has 0 aromatic carbocycles. The van der Waals surface area contributed by atoms with Crippen LogP contribution in [0, 0.1) is 0 Å². The molecule has 0 saturated heterocycles. The highest BCUT2D eigenvalue weighted by Gasteiger charge is 2.12. The first-order chi connectivity index (χ1) is 7.60. The largest absolute Gasteiger partial charge is 0.389 e. The molecule has 0 radical (unpaired) electrons. The summed E-state index contributed by atoms with van der Waals surface area (Å²) in [5, 5.41) is 0. The van der Waals surface area contributed by atoms with Gasteiger partial charge in [0.2, 0.25) is 0 Å². The molecule has 88 valence electrons. The third kappa shape index (κ3) is 2.92. The number of hydrogen-bond donors (Lipinski definition) is 1. The van der Waals surface area contributed by atoms with Gasteiger partial charge in [0.1, 0.15) is 10.8 Å². The Kier molecular flexibility index (Phi) is 4.68. The Morgan fingerprint density at radius 3 is 2.44 bits per heavy atom. The van der Waals surface area contributed by atoms with Crippen molar-refractivity contribution in [1.29, 1.82) is 0 Å². The van der Waals surface area contributed by atoms with Crippen LogP contribution in [0.5, 0.6) is 0 Å². The summed E-state index contributed by atoms with van der Waals surface area (Å²) in [4.78, 5) is 6.97. The lowest BCUT2D eigenvalue weighted by Crippen LogP contribution is -2.31. The molecule has 0 saturated carbocycles. The van der Waals surface area contributed by atoms with E-state index in [2.05, 4.69) is 30.8 Å². The molecule has 0 amide bonds. The van der Waals surface area contributed by atoms with Gasteiger partial charge in [0.15, 0.2) is 0 Å². The Bertz CT molecular complexity index is 344. The van der Waals surface area contributed by atoms with Crippen LogP contribution in [0.3, 0.4) is 0 Å². The number of thiocarbonyl (C=S) groups is 1. The van der Waals surface area contributed by atoms with Gasteiger partial charge in [-0.2, -0.15) is 0 Å². The quantitative estimate of drug-likeness (QED) is 0.798. The fourth-order valence-corrected chi connectivity index (χ4v) is 1.88. The van der Waals surface area contributed by atoms with E-state index in [4.69, 9.17) is 18.0 Å². The predicted octanol–water partition coefficient (Wildman–Crippen LogP) is 2.34. The number of nitrogens with zero attached hydrogens (tertiary/aromatic N) is 2. The Morgan fingerprint density at radius 2 is 2.06 bits per heavy atom. The third-order valence-corrected chi connectivity index (χ3v) is 3.12. The summed E-state index contributed by atoms with van der Waals surface area (Å²) in [5.74, 6) is 0.966. The molecule has 1 aromatic rings. The number of hydrogen-bond acceptors (Lipinski definition) is 3. The first-order valence-electron chi connectivity index (χ1n) is 5.58. The summed E-state index contributed by atoms with van der Waals surface area (Å²) in [6.07, 6.45) is 3.97. The van der Waals surface area contributed by atoms with Crippen molar-refractivity contribution in [3.05, 3.63) is 23.9 Å². The maximum atomic E-state index is 5.53. The minimum absolute atomic E-state index is 0.393.